The molecule has 1 unspecified atom stereocenters. The molecule has 1 aliphatic rings. The van der Waals surface area contributed by atoms with Crippen LogP contribution in [-0.2, 0) is 21.4 Å². The van der Waals surface area contributed by atoms with Gasteiger partial charge in [0.1, 0.15) is 23.9 Å². The van der Waals surface area contributed by atoms with Gasteiger partial charge in [0.05, 0.1) is 5.41 Å². The molecule has 2 aromatic rings. The zero-order chi connectivity index (χ0) is 21.5. The maximum absolute atomic E-state index is 12.8. The van der Waals surface area contributed by atoms with Crippen LogP contribution in [0.5, 0.6) is 17.2 Å². The highest BCUT2D eigenvalue weighted by Gasteiger charge is 2.43. The number of carboxylic acids is 1. The summed E-state index contributed by atoms with van der Waals surface area (Å²) in [5.41, 5.74) is 0.0936. The Morgan fingerprint density at radius 1 is 1.17 bits per heavy atom. The summed E-state index contributed by atoms with van der Waals surface area (Å²) in [6.45, 7) is 10.9. The number of fused-ring (bicyclic) bond motifs is 1. The van der Waals surface area contributed by atoms with Gasteiger partial charge in [-0.25, -0.2) is 4.79 Å². The Bertz CT molecular complexity index is 1160. The van der Waals surface area contributed by atoms with E-state index in [1.54, 1.807) is 19.1 Å². The number of carbonyl (C=O) groups excluding carboxylic acids is 1. The molecule has 0 bridgehead atoms. The van der Waals surface area contributed by atoms with Crippen LogP contribution in [0, 0.1) is 6.92 Å². The number of benzene rings is 2. The van der Waals surface area contributed by atoms with Gasteiger partial charge in [0.2, 0.25) is 0 Å². The summed E-state index contributed by atoms with van der Waals surface area (Å²) >= 11 is 0. The van der Waals surface area contributed by atoms with Crippen LogP contribution in [0.2, 0.25) is 0 Å². The summed E-state index contributed by atoms with van der Waals surface area (Å²) in [7, 11) is 0. The lowest BCUT2D eigenvalue weighted by molar-refractivity contribution is -0.151. The average molecular weight is 394 g/mol. The minimum absolute atomic E-state index is 0.00152. The van der Waals surface area contributed by atoms with E-state index in [-0.39, 0.29) is 33.9 Å². The van der Waals surface area contributed by atoms with E-state index < -0.39 is 17.2 Å². The highest BCUT2D eigenvalue weighted by Crippen LogP contribution is 2.35. The summed E-state index contributed by atoms with van der Waals surface area (Å²) in [5, 5.41) is 30.7. The van der Waals surface area contributed by atoms with Gasteiger partial charge in [-0.3, -0.25) is 4.79 Å². The molecule has 3 rings (SSSR count). The van der Waals surface area contributed by atoms with E-state index in [4.69, 9.17) is 4.74 Å². The van der Waals surface area contributed by atoms with Gasteiger partial charge in [-0.2, -0.15) is 0 Å². The molecule has 1 aliphatic heterocycles. The lowest BCUT2D eigenvalue weighted by Crippen LogP contribution is -2.44. The van der Waals surface area contributed by atoms with Gasteiger partial charge in [0.25, 0.3) is 5.78 Å². The number of carboxylic acid groups (broad SMARTS) is 1. The van der Waals surface area contributed by atoms with E-state index >= 15 is 0 Å². The minimum atomic E-state index is -1.69. The van der Waals surface area contributed by atoms with E-state index in [1.807, 2.05) is 18.2 Å². The molecule has 150 valence electrons. The summed E-state index contributed by atoms with van der Waals surface area (Å²) in [5.74, 6) is -2.72. The zero-order valence-corrected chi connectivity index (χ0v) is 16.3. The number of phenolic OH excluding ortho intramolecular Hbond substituents is 2. The number of ketones is 1. The molecule has 0 saturated heterocycles. The van der Waals surface area contributed by atoms with Crippen LogP contribution in [0.15, 0.2) is 24.3 Å². The molecule has 0 aromatic heterocycles. The molecule has 0 spiro atoms. The summed E-state index contributed by atoms with van der Waals surface area (Å²) < 4.78 is 5.59. The summed E-state index contributed by atoms with van der Waals surface area (Å²) in [6.07, 6.45) is 3.74. The second-order valence-electron chi connectivity index (χ2n) is 7.38. The smallest absolute Gasteiger partial charge is 0.373 e. The van der Waals surface area contributed by atoms with Crippen molar-refractivity contribution in [1.29, 1.82) is 0 Å². The molecule has 0 amide bonds. The van der Waals surface area contributed by atoms with Crippen LogP contribution in [-0.4, -0.2) is 33.7 Å². The standard InChI is InChI=1S/C23H22O6/c1-12-13(2)20(25)18(14(3)19(12)24)23(4,21(26)22(27)28)11-15-7-8-16-6-5-9-29-17(16)10-15/h5-8,10,24-25H,2-3,9,11H2,1,4H3,(H,27,28). The van der Waals surface area contributed by atoms with Crippen molar-refractivity contribution in [2.45, 2.75) is 25.7 Å². The molecule has 29 heavy (non-hydrogen) atoms. The fraction of sp³-hybridized carbons (Fsp3) is 0.217. The van der Waals surface area contributed by atoms with Crippen molar-refractivity contribution in [3.63, 3.8) is 0 Å². The van der Waals surface area contributed by atoms with Crippen molar-refractivity contribution >= 4 is 31.0 Å². The van der Waals surface area contributed by atoms with Crippen molar-refractivity contribution in [2.24, 2.45) is 0 Å². The second kappa shape index (κ2) is 7.13. The topological polar surface area (TPSA) is 104 Å². The van der Waals surface area contributed by atoms with Crippen molar-refractivity contribution in [3.8, 4) is 17.2 Å². The third kappa shape index (κ3) is 3.27. The average Bonchev–Trinajstić information content (AvgIpc) is 2.70. The molecular formula is C23H22O6. The Balaban J connectivity index is 2.23. The molecule has 2 aromatic carbocycles. The largest absolute Gasteiger partial charge is 0.507 e. The van der Waals surface area contributed by atoms with Gasteiger partial charge >= 0.3 is 5.97 Å². The van der Waals surface area contributed by atoms with Crippen molar-refractivity contribution in [3.05, 3.63) is 57.0 Å². The van der Waals surface area contributed by atoms with Crippen LogP contribution < -0.4 is 15.2 Å². The lowest BCUT2D eigenvalue weighted by Gasteiger charge is -2.29. The van der Waals surface area contributed by atoms with Gasteiger partial charge in [0, 0.05) is 27.1 Å². The predicted octanol–water partition coefficient (Wildman–Crippen LogP) is 1.79. The number of rotatable bonds is 5. The first-order valence-electron chi connectivity index (χ1n) is 9.00. The highest BCUT2D eigenvalue weighted by atomic mass is 16.5. The van der Waals surface area contributed by atoms with Gasteiger partial charge in [-0.05, 0) is 38.0 Å². The van der Waals surface area contributed by atoms with Crippen LogP contribution in [0.4, 0.5) is 0 Å². The van der Waals surface area contributed by atoms with E-state index in [1.165, 1.54) is 6.92 Å². The van der Waals surface area contributed by atoms with Crippen LogP contribution in [0.3, 0.4) is 0 Å². The van der Waals surface area contributed by atoms with Crippen LogP contribution in [0.1, 0.15) is 29.2 Å². The van der Waals surface area contributed by atoms with Crippen molar-refractivity contribution in [1.82, 2.24) is 0 Å². The fourth-order valence-corrected chi connectivity index (χ4v) is 3.74. The third-order valence-corrected chi connectivity index (χ3v) is 5.43. The number of aliphatic carboxylic acids is 1. The highest BCUT2D eigenvalue weighted by molar-refractivity contribution is 6.36. The van der Waals surface area contributed by atoms with Gasteiger partial charge in [-0.1, -0.05) is 31.4 Å². The normalized spacial score (nSPS) is 14.6. The molecule has 0 aliphatic carbocycles. The Labute approximate surface area is 167 Å². The number of hydrogen-bond donors (Lipinski definition) is 3. The Hall–Kier alpha value is -3.54. The minimum Gasteiger partial charge on any atom is -0.507 e. The number of ether oxygens (including phenoxy) is 1. The summed E-state index contributed by atoms with van der Waals surface area (Å²) in [6, 6.07) is 5.33. The van der Waals surface area contributed by atoms with Crippen molar-refractivity contribution < 1.29 is 29.6 Å². The monoisotopic (exact) mass is 394 g/mol. The summed E-state index contributed by atoms with van der Waals surface area (Å²) in [4.78, 5) is 24.4. The van der Waals surface area contributed by atoms with Crippen LogP contribution in [0.25, 0.3) is 19.2 Å². The second-order valence-corrected chi connectivity index (χ2v) is 7.38. The van der Waals surface area contributed by atoms with Gasteiger partial charge in [-0.15, -0.1) is 0 Å². The van der Waals surface area contributed by atoms with E-state index in [0.717, 1.165) is 5.56 Å². The molecule has 6 heteroatoms. The molecule has 6 nitrogen and oxygen atoms in total. The van der Waals surface area contributed by atoms with E-state index in [0.29, 0.717) is 23.5 Å². The molecule has 1 atom stereocenters. The molecule has 3 N–H and O–H groups in total. The van der Waals surface area contributed by atoms with Gasteiger partial charge < -0.3 is 20.1 Å². The number of aromatic hydroxyl groups is 2. The number of hydrogen-bond acceptors (Lipinski definition) is 5. The Morgan fingerprint density at radius 3 is 2.52 bits per heavy atom. The Kier molecular flexibility index (Phi) is 4.96. The molecular weight excluding hydrogens is 372 g/mol. The first-order valence-corrected chi connectivity index (χ1v) is 9.00. The van der Waals surface area contributed by atoms with E-state index in [9.17, 15) is 24.9 Å². The number of carbonyl (C=O) groups is 2. The van der Waals surface area contributed by atoms with Crippen molar-refractivity contribution in [2.75, 3.05) is 6.61 Å². The fourth-order valence-electron chi connectivity index (χ4n) is 3.74. The molecule has 0 fully saturated rings. The predicted molar refractivity (Wildman–Crippen MR) is 109 cm³/mol. The van der Waals surface area contributed by atoms with E-state index in [2.05, 4.69) is 13.2 Å². The zero-order valence-electron chi connectivity index (χ0n) is 16.3. The first-order chi connectivity index (χ1) is 13.6. The van der Waals surface area contributed by atoms with Crippen LogP contribution >= 0.6 is 0 Å². The number of phenols is 2. The maximum atomic E-state index is 12.8. The third-order valence-electron chi connectivity index (χ3n) is 5.43. The number of Topliss-reactive ketones (excluding diaryl/α,β-unsaturated/α-hetero) is 1. The lowest BCUT2D eigenvalue weighted by atomic mass is 9.72. The molecule has 0 radical (unpaired) electrons. The maximum Gasteiger partial charge on any atom is 0.373 e. The molecule has 1 heterocycles. The quantitative estimate of drug-likeness (QED) is 0.528. The SMILES string of the molecule is C=c1c(C)c(O)c(=C)c(C(C)(Cc2ccc3c(c2)OCC=C3)C(=O)C(=O)O)c1O. The Morgan fingerprint density at radius 2 is 1.86 bits per heavy atom. The first kappa shape index (κ1) is 20.2. The molecule has 0 saturated carbocycles. The van der Waals surface area contributed by atoms with Gasteiger partial charge in [0.15, 0.2) is 0 Å².